The molecule has 0 aromatic heterocycles. The van der Waals surface area contributed by atoms with Gasteiger partial charge in [0.15, 0.2) is 17.8 Å². The number of likely N-dealkylation sites (tertiary alicyclic amines) is 1. The summed E-state index contributed by atoms with van der Waals surface area (Å²) in [4.78, 5) is 48.8. The van der Waals surface area contributed by atoms with E-state index < -0.39 is 29.7 Å². The van der Waals surface area contributed by atoms with Gasteiger partial charge in [-0.3, -0.25) is 14.5 Å². The van der Waals surface area contributed by atoms with Crippen molar-refractivity contribution in [1.82, 2.24) is 15.3 Å². The van der Waals surface area contributed by atoms with Crippen LogP contribution < -0.4 is 10.2 Å². The molecule has 2 aliphatic heterocycles. The Bertz CT molecular complexity index is 2210. The van der Waals surface area contributed by atoms with Gasteiger partial charge in [-0.05, 0) is 116 Å². The van der Waals surface area contributed by atoms with Gasteiger partial charge >= 0.3 is 6.09 Å². The summed E-state index contributed by atoms with van der Waals surface area (Å²) in [5.41, 5.74) is 5.67. The Morgan fingerprint density at radius 2 is 1.76 bits per heavy atom. The fourth-order valence-corrected chi connectivity index (χ4v) is 6.89. The summed E-state index contributed by atoms with van der Waals surface area (Å²) in [6.07, 6.45) is 5.26. The van der Waals surface area contributed by atoms with Gasteiger partial charge < -0.3 is 24.2 Å². The van der Waals surface area contributed by atoms with Crippen LogP contribution in [0.1, 0.15) is 73.5 Å². The highest BCUT2D eigenvalue weighted by molar-refractivity contribution is 5.98. The monoisotopic (exact) mass is 790 g/mol. The van der Waals surface area contributed by atoms with Crippen molar-refractivity contribution in [2.75, 3.05) is 26.8 Å². The van der Waals surface area contributed by atoms with Gasteiger partial charge in [-0.1, -0.05) is 42.5 Å². The van der Waals surface area contributed by atoms with Gasteiger partial charge in [-0.2, -0.15) is 5.26 Å². The van der Waals surface area contributed by atoms with E-state index in [4.69, 9.17) is 19.0 Å². The normalized spacial score (nSPS) is 16.8. The first-order valence-corrected chi connectivity index (χ1v) is 19.2. The summed E-state index contributed by atoms with van der Waals surface area (Å²) >= 11 is 0. The predicted octanol–water partition coefficient (Wildman–Crippen LogP) is 7.98. The van der Waals surface area contributed by atoms with Crippen LogP contribution in [0.5, 0.6) is 11.5 Å². The highest BCUT2D eigenvalue weighted by atomic mass is 19.1. The van der Waals surface area contributed by atoms with Crippen LogP contribution in [-0.4, -0.2) is 77.6 Å². The minimum atomic E-state index is -0.755. The molecule has 2 fully saturated rings. The Kier molecular flexibility index (Phi) is 13.1. The standard InChI is InChI=1S/C45H47FN4O8/c1-45(2,3)57-44(54)50(27-30-10-8-29(9-11-30)12-19-41(52)48-58-42-7-5-6-22-56-42)35-20-21-49(28-35)43(53)33-15-17-36(32-16-18-40(55-4)39(51)25-32)37(23-33)31-13-14-34(26-47)38(46)24-31/h8-19,23-25,35,42,51H,5-7,20-22,27-28H2,1-4H3,(H,48,52)/b19-12+/t35-,42?/m0/s1. The van der Waals surface area contributed by atoms with Crippen molar-refractivity contribution < 1.29 is 42.9 Å². The highest BCUT2D eigenvalue weighted by Gasteiger charge is 2.36. The Morgan fingerprint density at radius 3 is 2.43 bits per heavy atom. The van der Waals surface area contributed by atoms with Crippen LogP contribution in [0, 0.1) is 17.1 Å². The fraction of sp³-hybridized carbons (Fsp3) is 0.333. The van der Waals surface area contributed by atoms with E-state index in [1.54, 1.807) is 73.0 Å². The third-order valence-electron chi connectivity index (χ3n) is 9.86. The van der Waals surface area contributed by atoms with Crippen LogP contribution in [0.2, 0.25) is 0 Å². The van der Waals surface area contributed by atoms with Gasteiger partial charge in [0.05, 0.1) is 18.7 Å². The van der Waals surface area contributed by atoms with Gasteiger partial charge in [-0.15, -0.1) is 0 Å². The molecule has 4 aromatic carbocycles. The van der Waals surface area contributed by atoms with Crippen molar-refractivity contribution in [2.24, 2.45) is 0 Å². The molecule has 0 spiro atoms. The number of methoxy groups -OCH3 is 1. The van der Waals surface area contributed by atoms with E-state index in [1.165, 1.54) is 31.4 Å². The van der Waals surface area contributed by atoms with E-state index in [9.17, 15) is 29.1 Å². The number of phenolic OH excluding ortho intramolecular Hbond substituents is 1. The number of hydroxylamine groups is 1. The van der Waals surface area contributed by atoms with Crippen molar-refractivity contribution in [3.05, 3.63) is 113 Å². The molecule has 2 N–H and O–H groups in total. The Morgan fingerprint density at radius 1 is 1.00 bits per heavy atom. The summed E-state index contributed by atoms with van der Waals surface area (Å²) < 4.78 is 31.4. The van der Waals surface area contributed by atoms with Crippen LogP contribution in [0.3, 0.4) is 0 Å². The minimum absolute atomic E-state index is 0.0846. The van der Waals surface area contributed by atoms with Crippen LogP contribution in [0.4, 0.5) is 9.18 Å². The minimum Gasteiger partial charge on any atom is -0.504 e. The van der Waals surface area contributed by atoms with E-state index in [-0.39, 0.29) is 42.1 Å². The van der Waals surface area contributed by atoms with Crippen molar-refractivity contribution in [1.29, 1.82) is 5.26 Å². The van der Waals surface area contributed by atoms with Gasteiger partial charge in [0.25, 0.3) is 11.8 Å². The Labute approximate surface area is 337 Å². The molecule has 12 nitrogen and oxygen atoms in total. The molecule has 2 aliphatic rings. The average molecular weight is 791 g/mol. The van der Waals surface area contributed by atoms with E-state index in [2.05, 4.69) is 5.48 Å². The molecule has 58 heavy (non-hydrogen) atoms. The number of carbonyl (C=O) groups is 3. The summed E-state index contributed by atoms with van der Waals surface area (Å²) in [6, 6.07) is 23.2. The SMILES string of the molecule is COc1ccc(-c2ccc(C(=O)N3CC[C@H](N(Cc4ccc(/C=C/C(=O)NOC5CCCCO5)cc4)C(=O)OC(C)(C)C)C3)cc2-c2ccc(C#N)c(F)c2)cc1O. The first-order valence-electron chi connectivity index (χ1n) is 19.2. The maximum atomic E-state index is 14.9. The molecular formula is C45H47FN4O8. The topological polar surface area (TPSA) is 151 Å². The zero-order valence-electron chi connectivity index (χ0n) is 33.0. The zero-order valence-corrected chi connectivity index (χ0v) is 33.0. The number of rotatable bonds is 11. The smallest absolute Gasteiger partial charge is 0.410 e. The van der Waals surface area contributed by atoms with Crippen molar-refractivity contribution in [2.45, 2.75) is 70.9 Å². The van der Waals surface area contributed by atoms with Gasteiger partial charge in [-0.25, -0.2) is 19.5 Å². The van der Waals surface area contributed by atoms with Gasteiger partial charge in [0.1, 0.15) is 17.5 Å². The van der Waals surface area contributed by atoms with Gasteiger partial charge in [0, 0.05) is 44.3 Å². The van der Waals surface area contributed by atoms with Crippen LogP contribution in [-0.2, 0) is 25.7 Å². The summed E-state index contributed by atoms with van der Waals surface area (Å²) in [5, 5.41) is 19.9. The maximum Gasteiger partial charge on any atom is 0.410 e. The lowest BCUT2D eigenvalue weighted by Gasteiger charge is -2.32. The number of phenols is 1. The molecule has 2 atom stereocenters. The molecule has 0 bridgehead atoms. The molecule has 4 aromatic rings. The molecule has 6 rings (SSSR count). The Balaban J connectivity index is 1.19. The largest absolute Gasteiger partial charge is 0.504 e. The third kappa shape index (κ3) is 10.4. The number of amides is 3. The molecule has 0 aliphatic carbocycles. The van der Waals surface area contributed by atoms with Crippen molar-refractivity contribution >= 4 is 24.0 Å². The average Bonchev–Trinajstić information content (AvgIpc) is 3.71. The first kappa shape index (κ1) is 41.4. The lowest BCUT2D eigenvalue weighted by atomic mass is 9.91. The number of nitriles is 1. The number of ether oxygens (including phenoxy) is 3. The second-order valence-corrected chi connectivity index (χ2v) is 15.2. The number of hydrogen-bond donors (Lipinski definition) is 2. The summed E-state index contributed by atoms with van der Waals surface area (Å²) in [7, 11) is 1.45. The second kappa shape index (κ2) is 18.4. The molecule has 3 amide bonds. The van der Waals surface area contributed by atoms with Gasteiger partial charge in [0.2, 0.25) is 0 Å². The van der Waals surface area contributed by atoms with Crippen LogP contribution in [0.15, 0.2) is 84.9 Å². The van der Waals surface area contributed by atoms with Crippen LogP contribution in [0.25, 0.3) is 28.3 Å². The van der Waals surface area contributed by atoms with Crippen molar-refractivity contribution in [3.8, 4) is 39.8 Å². The van der Waals surface area contributed by atoms with E-state index in [0.717, 1.165) is 30.4 Å². The lowest BCUT2D eigenvalue weighted by molar-refractivity contribution is -0.198. The zero-order chi connectivity index (χ0) is 41.4. The van der Waals surface area contributed by atoms with Crippen LogP contribution >= 0.6 is 0 Å². The molecule has 302 valence electrons. The quantitative estimate of drug-likeness (QED) is 0.114. The fourth-order valence-electron chi connectivity index (χ4n) is 6.89. The first-order chi connectivity index (χ1) is 27.8. The summed E-state index contributed by atoms with van der Waals surface area (Å²) in [5.74, 6) is -1.19. The van der Waals surface area contributed by atoms with E-state index >= 15 is 0 Å². The molecule has 0 saturated carbocycles. The molecule has 2 saturated heterocycles. The highest BCUT2D eigenvalue weighted by Crippen LogP contribution is 2.38. The van der Waals surface area contributed by atoms with E-state index in [1.807, 2.05) is 30.3 Å². The van der Waals surface area contributed by atoms with Crippen molar-refractivity contribution in [3.63, 3.8) is 0 Å². The lowest BCUT2D eigenvalue weighted by Crippen LogP contribution is -2.44. The van der Waals surface area contributed by atoms with E-state index in [0.29, 0.717) is 47.4 Å². The number of nitrogens with one attached hydrogen (secondary N) is 1. The number of halogens is 1. The predicted molar refractivity (Wildman–Crippen MR) is 215 cm³/mol. The number of nitrogens with zero attached hydrogens (tertiary/aromatic N) is 3. The molecular weight excluding hydrogens is 744 g/mol. The number of carbonyl (C=O) groups excluding carboxylic acids is 3. The number of aromatic hydroxyl groups is 1. The number of hydrogen-bond acceptors (Lipinski definition) is 9. The number of benzene rings is 4. The second-order valence-electron chi connectivity index (χ2n) is 15.2. The molecule has 2 heterocycles. The third-order valence-corrected chi connectivity index (χ3v) is 9.86. The molecule has 13 heteroatoms. The maximum absolute atomic E-state index is 14.9. The molecule has 0 radical (unpaired) electrons. The summed E-state index contributed by atoms with van der Waals surface area (Å²) in [6.45, 7) is 6.84. The Hall–Kier alpha value is -6.23. The molecule has 1 unspecified atom stereocenters.